The van der Waals surface area contributed by atoms with E-state index in [4.69, 9.17) is 10.00 Å². The molecule has 2 aromatic rings. The number of rotatable bonds is 4. The maximum absolute atomic E-state index is 12.9. The summed E-state index contributed by atoms with van der Waals surface area (Å²) in [6.07, 6.45) is 6.47. The molecule has 0 radical (unpaired) electrons. The molecule has 5 rings (SSSR count). The quantitative estimate of drug-likeness (QED) is 0.618. The Balaban J connectivity index is 1.28. The van der Waals surface area contributed by atoms with Gasteiger partial charge in [-0.05, 0) is 75.3 Å². The molecule has 2 aromatic heterocycles. The average Bonchev–Trinajstić information content (AvgIpc) is 3.26. The van der Waals surface area contributed by atoms with Crippen LogP contribution in [0.2, 0.25) is 0 Å². The lowest BCUT2D eigenvalue weighted by molar-refractivity contribution is -0.00546. The number of anilines is 1. The second-order valence-electron chi connectivity index (χ2n) is 10.1. The van der Waals surface area contributed by atoms with Crippen molar-refractivity contribution < 1.29 is 9.53 Å². The number of hydrogen-bond acceptors (Lipinski definition) is 8. The number of nitrogens with zero attached hydrogens (tertiary/aromatic N) is 4. The molecule has 0 bridgehead atoms. The lowest BCUT2D eigenvalue weighted by Gasteiger charge is -2.36. The highest BCUT2D eigenvalue weighted by Gasteiger charge is 2.41. The van der Waals surface area contributed by atoms with Gasteiger partial charge in [0.05, 0.1) is 23.8 Å². The Morgan fingerprint density at radius 2 is 2.00 bits per heavy atom. The third-order valence-electron chi connectivity index (χ3n) is 7.38. The number of aryl methyl sites for hydroxylation is 1. The maximum atomic E-state index is 12.9. The summed E-state index contributed by atoms with van der Waals surface area (Å²) in [5.74, 6) is 1.16. The molecule has 3 aliphatic rings. The Kier molecular flexibility index (Phi) is 6.69. The van der Waals surface area contributed by atoms with E-state index in [-0.39, 0.29) is 30.2 Å². The molecule has 0 aromatic carbocycles. The maximum Gasteiger partial charge on any atom is 0.270 e. The highest BCUT2D eigenvalue weighted by molar-refractivity contribution is 5.93. The number of carbonyl (C=O) groups excluding carboxylic acids is 1. The molecule has 6 atom stereocenters. The first kappa shape index (κ1) is 23.7. The van der Waals surface area contributed by atoms with E-state index in [1.165, 1.54) is 11.8 Å². The van der Waals surface area contributed by atoms with Gasteiger partial charge in [0.2, 0.25) is 0 Å². The van der Waals surface area contributed by atoms with Crippen molar-refractivity contribution in [2.75, 3.05) is 18.0 Å². The van der Waals surface area contributed by atoms with Gasteiger partial charge >= 0.3 is 0 Å². The highest BCUT2D eigenvalue weighted by atomic mass is 16.5. The van der Waals surface area contributed by atoms with Gasteiger partial charge in [-0.3, -0.25) is 10.2 Å². The van der Waals surface area contributed by atoms with Crippen molar-refractivity contribution in [2.24, 2.45) is 5.92 Å². The van der Waals surface area contributed by atoms with Crippen LogP contribution < -0.4 is 21.1 Å². The Hall–Kier alpha value is -3.06. The fourth-order valence-corrected chi connectivity index (χ4v) is 5.81. The van der Waals surface area contributed by atoms with Crippen LogP contribution in [0.1, 0.15) is 66.3 Å². The molecule has 9 nitrogen and oxygen atoms in total. The summed E-state index contributed by atoms with van der Waals surface area (Å²) >= 11 is 0. The van der Waals surface area contributed by atoms with Crippen molar-refractivity contribution in [3.8, 4) is 6.07 Å². The first-order valence-corrected chi connectivity index (χ1v) is 12.5. The van der Waals surface area contributed by atoms with E-state index in [2.05, 4.69) is 63.1 Å². The number of hydrazine groups is 1. The van der Waals surface area contributed by atoms with Crippen molar-refractivity contribution >= 4 is 11.7 Å². The standard InChI is InChI=1S/C26H33N7O2/c1-15-8-18(11-27)12-29-24(15)26(34)30-20-4-5-22-21(10-20)25(32-31-22)19-6-7-28-23(9-19)33-13-16(2)35-17(3)14-33/h6-9,12,16-17,20-22,25,31-32H,4-5,10,13-14H2,1-3H3,(H,30,34)/t16-,17+,20?,21?,22?,25?. The van der Waals surface area contributed by atoms with Crippen LogP contribution in [-0.2, 0) is 4.74 Å². The molecule has 35 heavy (non-hydrogen) atoms. The Morgan fingerprint density at radius 3 is 2.74 bits per heavy atom. The van der Waals surface area contributed by atoms with Crippen LogP contribution in [0.4, 0.5) is 5.82 Å². The van der Waals surface area contributed by atoms with Crippen molar-refractivity contribution in [1.29, 1.82) is 5.26 Å². The second-order valence-corrected chi connectivity index (χ2v) is 10.1. The fourth-order valence-electron chi connectivity index (χ4n) is 5.81. The number of amides is 1. The Morgan fingerprint density at radius 1 is 1.20 bits per heavy atom. The lowest BCUT2D eigenvalue weighted by atomic mass is 9.77. The number of ether oxygens (including phenoxy) is 1. The van der Waals surface area contributed by atoms with Gasteiger partial charge in [-0.25, -0.2) is 15.4 Å². The minimum atomic E-state index is -0.173. The predicted octanol–water partition coefficient (Wildman–Crippen LogP) is 2.39. The zero-order valence-electron chi connectivity index (χ0n) is 20.5. The van der Waals surface area contributed by atoms with Gasteiger partial charge in [0, 0.05) is 37.6 Å². The van der Waals surface area contributed by atoms with Crippen LogP contribution in [0.3, 0.4) is 0 Å². The molecule has 184 valence electrons. The summed E-state index contributed by atoms with van der Waals surface area (Å²) in [5, 5.41) is 12.3. The number of morpholine rings is 1. The molecule has 1 amide bonds. The van der Waals surface area contributed by atoms with Gasteiger partial charge in [-0.1, -0.05) is 0 Å². The van der Waals surface area contributed by atoms with Crippen molar-refractivity contribution in [1.82, 2.24) is 26.1 Å². The topological polar surface area (TPSA) is 115 Å². The minimum Gasteiger partial charge on any atom is -0.372 e. The number of pyridine rings is 2. The molecule has 9 heteroatoms. The SMILES string of the molecule is Cc1cc(C#N)cnc1C(=O)NC1CCC2NNC(c3ccnc(N4C[C@@H](C)O[C@@H](C)C4)c3)C2C1. The van der Waals surface area contributed by atoms with Gasteiger partial charge in [-0.2, -0.15) is 5.26 Å². The Bertz CT molecular complexity index is 1120. The van der Waals surface area contributed by atoms with Gasteiger partial charge < -0.3 is 15.0 Å². The molecule has 2 saturated heterocycles. The minimum absolute atomic E-state index is 0.0760. The van der Waals surface area contributed by atoms with Crippen LogP contribution in [0.15, 0.2) is 30.6 Å². The molecule has 0 spiro atoms. The number of fused-ring (bicyclic) bond motifs is 1. The summed E-state index contributed by atoms with van der Waals surface area (Å²) in [5.41, 5.74) is 9.77. The van der Waals surface area contributed by atoms with E-state index < -0.39 is 0 Å². The number of hydrogen-bond donors (Lipinski definition) is 3. The van der Waals surface area contributed by atoms with Gasteiger partial charge in [0.15, 0.2) is 0 Å². The van der Waals surface area contributed by atoms with Crippen molar-refractivity contribution in [3.63, 3.8) is 0 Å². The smallest absolute Gasteiger partial charge is 0.270 e. The predicted molar refractivity (Wildman–Crippen MR) is 132 cm³/mol. The number of nitrogens with one attached hydrogen (secondary N) is 3. The molecule has 3 N–H and O–H groups in total. The molecular formula is C26H33N7O2. The van der Waals surface area contributed by atoms with E-state index in [9.17, 15) is 4.79 Å². The molecule has 3 fully saturated rings. The van der Waals surface area contributed by atoms with Crippen molar-refractivity contribution in [3.05, 3.63) is 53.0 Å². The molecule has 1 saturated carbocycles. The number of carbonyl (C=O) groups is 1. The van der Waals surface area contributed by atoms with Gasteiger partial charge in [-0.15, -0.1) is 0 Å². The first-order valence-electron chi connectivity index (χ1n) is 12.5. The zero-order valence-corrected chi connectivity index (χ0v) is 20.5. The van der Waals surface area contributed by atoms with Crippen molar-refractivity contribution in [2.45, 2.75) is 70.4 Å². The molecule has 2 aliphatic heterocycles. The zero-order chi connectivity index (χ0) is 24.5. The lowest BCUT2D eigenvalue weighted by Crippen LogP contribution is -2.46. The van der Waals surface area contributed by atoms with E-state index in [1.807, 2.05) is 13.1 Å². The normalized spacial score (nSPS) is 30.4. The highest BCUT2D eigenvalue weighted by Crippen LogP contribution is 2.38. The number of nitriles is 1. The molecule has 4 unspecified atom stereocenters. The first-order chi connectivity index (χ1) is 16.9. The molecular weight excluding hydrogens is 442 g/mol. The average molecular weight is 476 g/mol. The largest absolute Gasteiger partial charge is 0.372 e. The van der Waals surface area contributed by atoms with Gasteiger partial charge in [0.25, 0.3) is 5.91 Å². The van der Waals surface area contributed by atoms with Gasteiger partial charge in [0.1, 0.15) is 17.6 Å². The summed E-state index contributed by atoms with van der Waals surface area (Å²) in [6, 6.07) is 8.64. The molecule has 1 aliphatic carbocycles. The summed E-state index contributed by atoms with van der Waals surface area (Å²) in [7, 11) is 0. The fraction of sp³-hybridized carbons (Fsp3) is 0.538. The summed E-state index contributed by atoms with van der Waals surface area (Å²) in [4.78, 5) is 24.1. The van der Waals surface area contributed by atoms with E-state index in [1.54, 1.807) is 6.07 Å². The van der Waals surface area contributed by atoms with Crippen LogP contribution in [-0.4, -0.2) is 53.3 Å². The van der Waals surface area contributed by atoms with Crippen LogP contribution in [0.25, 0.3) is 0 Å². The third kappa shape index (κ3) is 5.01. The van der Waals surface area contributed by atoms with Crippen LogP contribution in [0.5, 0.6) is 0 Å². The monoisotopic (exact) mass is 475 g/mol. The van der Waals surface area contributed by atoms with E-state index in [0.29, 0.717) is 28.8 Å². The molecule has 4 heterocycles. The number of aromatic nitrogens is 2. The third-order valence-corrected chi connectivity index (χ3v) is 7.38. The summed E-state index contributed by atoms with van der Waals surface area (Å²) < 4.78 is 5.89. The summed E-state index contributed by atoms with van der Waals surface area (Å²) in [6.45, 7) is 7.69. The van der Waals surface area contributed by atoms with E-state index >= 15 is 0 Å². The van der Waals surface area contributed by atoms with E-state index in [0.717, 1.165) is 38.2 Å². The van der Waals surface area contributed by atoms with Crippen LogP contribution in [0, 0.1) is 24.2 Å². The Labute approximate surface area is 206 Å². The second kappa shape index (κ2) is 9.90. The van der Waals surface area contributed by atoms with Crippen LogP contribution >= 0.6 is 0 Å².